The lowest BCUT2D eigenvalue weighted by Gasteiger charge is -2.40. The highest BCUT2D eigenvalue weighted by Crippen LogP contribution is 2.31. The Hall–Kier alpha value is -0.120. The lowest BCUT2D eigenvalue weighted by molar-refractivity contribution is -0.0645. The molecule has 0 heterocycles. The molecule has 0 aromatic rings. The summed E-state index contributed by atoms with van der Waals surface area (Å²) in [5.41, 5.74) is 0. The minimum atomic E-state index is 0.293. The molecule has 1 aliphatic rings. The van der Waals surface area contributed by atoms with Crippen molar-refractivity contribution in [3.8, 4) is 0 Å². The number of rotatable bonds is 8. The van der Waals surface area contributed by atoms with E-state index in [0.29, 0.717) is 37.4 Å². The van der Waals surface area contributed by atoms with Crippen LogP contribution in [-0.4, -0.2) is 38.0 Å². The molecule has 1 aliphatic carbocycles. The molecule has 0 saturated heterocycles. The highest BCUT2D eigenvalue weighted by molar-refractivity contribution is 4.88. The van der Waals surface area contributed by atoms with Gasteiger partial charge >= 0.3 is 0 Å². The maximum atomic E-state index is 6.12. The second-order valence-electron chi connectivity index (χ2n) is 6.37. The molecule has 0 spiro atoms. The van der Waals surface area contributed by atoms with Gasteiger partial charge < -0.3 is 14.8 Å². The number of ether oxygens (including phenoxy) is 2. The van der Waals surface area contributed by atoms with Crippen LogP contribution in [0, 0.1) is 11.8 Å². The Morgan fingerprint density at radius 2 is 1.89 bits per heavy atom. The van der Waals surface area contributed by atoms with Crippen LogP contribution in [0.3, 0.4) is 0 Å². The number of nitrogens with one attached hydrogen (secondary N) is 1. The predicted octanol–water partition coefficient (Wildman–Crippen LogP) is 3.23. The first kappa shape index (κ1) is 16.9. The van der Waals surface area contributed by atoms with Gasteiger partial charge in [0.1, 0.15) is 0 Å². The van der Waals surface area contributed by atoms with E-state index >= 15 is 0 Å². The highest BCUT2D eigenvalue weighted by atomic mass is 16.5. The van der Waals surface area contributed by atoms with Crippen LogP contribution in [0.1, 0.15) is 53.9 Å². The molecule has 1 rings (SSSR count). The molecule has 0 aromatic heterocycles. The van der Waals surface area contributed by atoms with Crippen LogP contribution in [0.2, 0.25) is 0 Å². The Labute approximate surface area is 119 Å². The molecule has 3 nitrogen and oxygen atoms in total. The molecular formula is C16H33NO2. The Morgan fingerprint density at radius 1 is 1.16 bits per heavy atom. The lowest BCUT2D eigenvalue weighted by Crippen LogP contribution is -2.49. The van der Waals surface area contributed by atoms with Crippen molar-refractivity contribution in [2.24, 2.45) is 11.8 Å². The Bertz CT molecular complexity index is 233. The van der Waals surface area contributed by atoms with Gasteiger partial charge in [-0.2, -0.15) is 0 Å². The molecule has 1 N–H and O–H groups in total. The third-order valence-electron chi connectivity index (χ3n) is 3.89. The minimum absolute atomic E-state index is 0.293. The SMILES string of the molecule is CCCNC1CC(C)CC(C)C1OCCOC(C)C. The van der Waals surface area contributed by atoms with E-state index in [1.54, 1.807) is 0 Å². The molecule has 1 fully saturated rings. The average Bonchev–Trinajstić information content (AvgIpc) is 2.33. The van der Waals surface area contributed by atoms with E-state index in [0.717, 1.165) is 12.5 Å². The smallest absolute Gasteiger partial charge is 0.0754 e. The van der Waals surface area contributed by atoms with E-state index in [4.69, 9.17) is 9.47 Å². The van der Waals surface area contributed by atoms with Gasteiger partial charge in [0, 0.05) is 6.04 Å². The van der Waals surface area contributed by atoms with Crippen molar-refractivity contribution in [1.82, 2.24) is 5.32 Å². The van der Waals surface area contributed by atoms with Crippen LogP contribution in [0.4, 0.5) is 0 Å². The van der Waals surface area contributed by atoms with E-state index in [1.807, 2.05) is 0 Å². The van der Waals surface area contributed by atoms with Crippen molar-refractivity contribution in [1.29, 1.82) is 0 Å². The van der Waals surface area contributed by atoms with Crippen LogP contribution in [0.5, 0.6) is 0 Å². The monoisotopic (exact) mass is 271 g/mol. The van der Waals surface area contributed by atoms with Gasteiger partial charge in [0.2, 0.25) is 0 Å². The quantitative estimate of drug-likeness (QED) is 0.688. The molecule has 0 radical (unpaired) electrons. The molecule has 114 valence electrons. The van der Waals surface area contributed by atoms with Gasteiger partial charge in [-0.05, 0) is 51.5 Å². The summed E-state index contributed by atoms with van der Waals surface area (Å²) >= 11 is 0. The van der Waals surface area contributed by atoms with Gasteiger partial charge in [-0.25, -0.2) is 0 Å². The molecule has 0 amide bonds. The van der Waals surface area contributed by atoms with Crippen molar-refractivity contribution < 1.29 is 9.47 Å². The summed E-state index contributed by atoms with van der Waals surface area (Å²) in [5, 5.41) is 3.67. The van der Waals surface area contributed by atoms with Gasteiger partial charge in [-0.3, -0.25) is 0 Å². The zero-order valence-electron chi connectivity index (χ0n) is 13.4. The summed E-state index contributed by atoms with van der Waals surface area (Å²) in [6, 6.07) is 0.512. The fourth-order valence-electron chi connectivity index (χ4n) is 3.11. The van der Waals surface area contributed by atoms with Crippen molar-refractivity contribution in [2.75, 3.05) is 19.8 Å². The first-order valence-corrected chi connectivity index (χ1v) is 8.01. The van der Waals surface area contributed by atoms with E-state index in [-0.39, 0.29) is 0 Å². The van der Waals surface area contributed by atoms with Gasteiger partial charge in [-0.15, -0.1) is 0 Å². The maximum Gasteiger partial charge on any atom is 0.0754 e. The van der Waals surface area contributed by atoms with Gasteiger partial charge in [0.15, 0.2) is 0 Å². The van der Waals surface area contributed by atoms with Crippen molar-refractivity contribution >= 4 is 0 Å². The van der Waals surface area contributed by atoms with E-state index in [1.165, 1.54) is 19.3 Å². The molecule has 0 aliphatic heterocycles. The van der Waals surface area contributed by atoms with Crippen LogP contribution in [0.25, 0.3) is 0 Å². The highest BCUT2D eigenvalue weighted by Gasteiger charge is 2.34. The molecule has 0 bridgehead atoms. The van der Waals surface area contributed by atoms with Gasteiger partial charge in [-0.1, -0.05) is 20.8 Å². The molecule has 3 heteroatoms. The largest absolute Gasteiger partial charge is 0.376 e. The first-order chi connectivity index (χ1) is 9.04. The molecule has 19 heavy (non-hydrogen) atoms. The summed E-state index contributed by atoms with van der Waals surface area (Å²) in [6.45, 7) is 13.5. The standard InChI is InChI=1S/C16H33NO2/c1-6-7-17-15-11-13(4)10-14(5)16(15)19-9-8-18-12(2)3/h12-17H,6-11H2,1-5H3. The number of hydrogen-bond donors (Lipinski definition) is 1. The Balaban J connectivity index is 2.39. The normalized spacial score (nSPS) is 31.9. The Morgan fingerprint density at radius 3 is 2.53 bits per heavy atom. The maximum absolute atomic E-state index is 6.12. The number of hydrogen-bond acceptors (Lipinski definition) is 3. The van der Waals surface area contributed by atoms with Gasteiger partial charge in [0.05, 0.1) is 25.4 Å². The molecule has 0 aromatic carbocycles. The van der Waals surface area contributed by atoms with Crippen molar-refractivity contribution in [3.63, 3.8) is 0 Å². The second kappa shape index (κ2) is 8.93. The molecule has 1 saturated carbocycles. The van der Waals surface area contributed by atoms with Crippen molar-refractivity contribution in [2.45, 2.75) is 72.1 Å². The first-order valence-electron chi connectivity index (χ1n) is 8.01. The Kier molecular flexibility index (Phi) is 7.96. The summed E-state index contributed by atoms with van der Waals surface area (Å²) in [5.74, 6) is 1.44. The molecule has 4 unspecified atom stereocenters. The van der Waals surface area contributed by atoms with Crippen LogP contribution in [0.15, 0.2) is 0 Å². The van der Waals surface area contributed by atoms with E-state index in [9.17, 15) is 0 Å². The minimum Gasteiger partial charge on any atom is -0.376 e. The summed E-state index contributed by atoms with van der Waals surface area (Å²) in [4.78, 5) is 0. The summed E-state index contributed by atoms with van der Waals surface area (Å²) < 4.78 is 11.7. The summed E-state index contributed by atoms with van der Waals surface area (Å²) in [6.07, 6.45) is 4.34. The van der Waals surface area contributed by atoms with E-state index in [2.05, 4.69) is 39.9 Å². The second-order valence-corrected chi connectivity index (χ2v) is 6.37. The van der Waals surface area contributed by atoms with E-state index < -0.39 is 0 Å². The molecule has 4 atom stereocenters. The third kappa shape index (κ3) is 6.24. The zero-order chi connectivity index (χ0) is 14.3. The van der Waals surface area contributed by atoms with Crippen LogP contribution in [-0.2, 0) is 9.47 Å². The van der Waals surface area contributed by atoms with Crippen LogP contribution >= 0.6 is 0 Å². The van der Waals surface area contributed by atoms with Crippen LogP contribution < -0.4 is 5.32 Å². The van der Waals surface area contributed by atoms with Crippen molar-refractivity contribution in [3.05, 3.63) is 0 Å². The lowest BCUT2D eigenvalue weighted by atomic mass is 9.78. The topological polar surface area (TPSA) is 30.5 Å². The van der Waals surface area contributed by atoms with Gasteiger partial charge in [0.25, 0.3) is 0 Å². The zero-order valence-corrected chi connectivity index (χ0v) is 13.4. The predicted molar refractivity (Wildman–Crippen MR) is 80.5 cm³/mol. The fourth-order valence-corrected chi connectivity index (χ4v) is 3.11. The fraction of sp³-hybridized carbons (Fsp3) is 1.00. The third-order valence-corrected chi connectivity index (χ3v) is 3.89. The molecular weight excluding hydrogens is 238 g/mol. The summed E-state index contributed by atoms with van der Waals surface area (Å²) in [7, 11) is 0. The average molecular weight is 271 g/mol.